The lowest BCUT2D eigenvalue weighted by Gasteiger charge is -2.26. The predicted octanol–water partition coefficient (Wildman–Crippen LogP) is 1.62. The fraction of sp³-hybridized carbons (Fsp3) is 0.417. The molecule has 0 radical (unpaired) electrons. The average molecular weight is 185 g/mol. The van der Waals surface area contributed by atoms with E-state index in [9.17, 15) is 4.79 Å². The quantitative estimate of drug-likeness (QED) is 0.709. The number of fused-ring (bicyclic) bond motifs is 4. The first-order valence-corrected chi connectivity index (χ1v) is 5.21. The number of benzene rings is 1. The lowest BCUT2D eigenvalue weighted by atomic mass is 9.78. The maximum Gasteiger partial charge on any atom is 0.248 e. The molecule has 0 bridgehead atoms. The number of amides is 1. The van der Waals surface area contributed by atoms with Gasteiger partial charge < -0.3 is 5.73 Å². The fourth-order valence-corrected chi connectivity index (χ4v) is 3.63. The van der Waals surface area contributed by atoms with Gasteiger partial charge in [-0.15, -0.1) is 0 Å². The molecule has 0 unspecified atom stereocenters. The molecule has 2 heteroatoms. The van der Waals surface area contributed by atoms with Gasteiger partial charge in [0.25, 0.3) is 0 Å². The van der Waals surface area contributed by atoms with Crippen LogP contribution in [0.15, 0.2) is 18.2 Å². The maximum absolute atomic E-state index is 11.0. The van der Waals surface area contributed by atoms with E-state index in [2.05, 4.69) is 6.07 Å². The molecule has 0 spiro atoms. The van der Waals surface area contributed by atoms with Crippen molar-refractivity contribution in [3.8, 4) is 0 Å². The van der Waals surface area contributed by atoms with Gasteiger partial charge in [-0.25, -0.2) is 0 Å². The fourth-order valence-electron chi connectivity index (χ4n) is 3.63. The van der Waals surface area contributed by atoms with Crippen LogP contribution in [0.2, 0.25) is 0 Å². The second-order valence-electron chi connectivity index (χ2n) is 4.82. The zero-order chi connectivity index (χ0) is 9.45. The maximum atomic E-state index is 11.0. The molecule has 3 aliphatic carbocycles. The summed E-state index contributed by atoms with van der Waals surface area (Å²) in [5.74, 6) is 3.24. The summed E-state index contributed by atoms with van der Waals surface area (Å²) in [5.41, 5.74) is 8.86. The Kier molecular flexibility index (Phi) is 0.944. The first-order chi connectivity index (χ1) is 6.77. The zero-order valence-corrected chi connectivity index (χ0v) is 7.73. The zero-order valence-electron chi connectivity index (χ0n) is 7.73. The van der Waals surface area contributed by atoms with E-state index in [1.54, 1.807) is 0 Å². The average Bonchev–Trinajstić information content (AvgIpc) is 2.62. The van der Waals surface area contributed by atoms with E-state index in [-0.39, 0.29) is 5.91 Å². The highest BCUT2D eigenvalue weighted by atomic mass is 16.1. The lowest BCUT2D eigenvalue weighted by Crippen LogP contribution is -2.17. The number of rotatable bonds is 1. The molecule has 0 aliphatic heterocycles. The Hall–Kier alpha value is -1.31. The first kappa shape index (κ1) is 7.04. The lowest BCUT2D eigenvalue weighted by molar-refractivity contribution is 0.1000. The summed E-state index contributed by atoms with van der Waals surface area (Å²) in [6, 6.07) is 6.01. The Labute approximate surface area is 82.1 Å². The molecule has 0 aromatic heterocycles. The minimum Gasteiger partial charge on any atom is -0.366 e. The van der Waals surface area contributed by atoms with Crippen LogP contribution in [0.3, 0.4) is 0 Å². The van der Waals surface area contributed by atoms with Crippen molar-refractivity contribution < 1.29 is 4.79 Å². The summed E-state index contributed by atoms with van der Waals surface area (Å²) in [6.07, 6.45) is 1.35. The molecule has 1 aromatic carbocycles. The van der Waals surface area contributed by atoms with Crippen LogP contribution < -0.4 is 5.73 Å². The first-order valence-electron chi connectivity index (χ1n) is 5.21. The van der Waals surface area contributed by atoms with Gasteiger partial charge in [-0.05, 0) is 53.4 Å². The van der Waals surface area contributed by atoms with Gasteiger partial charge in [0.2, 0.25) is 5.91 Å². The summed E-state index contributed by atoms with van der Waals surface area (Å²) in [4.78, 5) is 11.0. The molecular formula is C12H11NO. The van der Waals surface area contributed by atoms with Crippen molar-refractivity contribution in [3.63, 3.8) is 0 Å². The molecule has 0 heterocycles. The number of carbonyl (C=O) groups is 1. The Bertz CT molecular complexity index is 465. The Morgan fingerprint density at radius 3 is 3.00 bits per heavy atom. The van der Waals surface area contributed by atoms with E-state index < -0.39 is 0 Å². The van der Waals surface area contributed by atoms with E-state index in [0.717, 1.165) is 23.7 Å². The predicted molar refractivity (Wildman–Crippen MR) is 52.0 cm³/mol. The third-order valence-electron chi connectivity index (χ3n) is 4.35. The molecule has 1 amide bonds. The highest BCUT2D eigenvalue weighted by molar-refractivity contribution is 5.93. The van der Waals surface area contributed by atoms with Crippen LogP contribution in [0.1, 0.15) is 39.7 Å². The molecule has 3 aliphatic rings. The van der Waals surface area contributed by atoms with E-state index in [1.807, 2.05) is 12.1 Å². The normalized spacial score (nSPS) is 39.7. The number of hydrogen-bond donors (Lipinski definition) is 1. The van der Waals surface area contributed by atoms with Crippen molar-refractivity contribution in [2.24, 2.45) is 17.6 Å². The van der Waals surface area contributed by atoms with Crippen LogP contribution in [-0.2, 0) is 0 Å². The minimum atomic E-state index is -0.302. The second-order valence-corrected chi connectivity index (χ2v) is 4.82. The van der Waals surface area contributed by atoms with Gasteiger partial charge in [0.05, 0.1) is 0 Å². The number of primary amides is 1. The number of nitrogens with two attached hydrogens (primary N) is 1. The van der Waals surface area contributed by atoms with E-state index in [1.165, 1.54) is 17.5 Å². The van der Waals surface area contributed by atoms with E-state index in [0.29, 0.717) is 5.56 Å². The Balaban J connectivity index is 1.90. The Morgan fingerprint density at radius 2 is 2.21 bits per heavy atom. The van der Waals surface area contributed by atoms with Crippen LogP contribution in [-0.4, -0.2) is 5.91 Å². The van der Waals surface area contributed by atoms with Crippen LogP contribution in [0, 0.1) is 11.8 Å². The molecule has 4 rings (SSSR count). The standard InChI is InChI=1S/C12H11NO/c13-12(14)5-1-2-6-7(3-5)8-4-9-10(6)11(8)9/h1-3,8-11H,4H2,(H2,13,14)/t8-,9+,10-,11+/m1/s1. The molecule has 70 valence electrons. The van der Waals surface area contributed by atoms with Crippen molar-refractivity contribution in [3.05, 3.63) is 34.9 Å². The largest absolute Gasteiger partial charge is 0.366 e. The molecule has 2 nitrogen and oxygen atoms in total. The number of carbonyl (C=O) groups excluding carboxylic acids is 1. The molecular weight excluding hydrogens is 174 g/mol. The highest BCUT2D eigenvalue weighted by Gasteiger charge is 2.68. The van der Waals surface area contributed by atoms with Crippen molar-refractivity contribution in [1.29, 1.82) is 0 Å². The van der Waals surface area contributed by atoms with Gasteiger partial charge in [0.15, 0.2) is 0 Å². The minimum absolute atomic E-state index is 0.302. The topological polar surface area (TPSA) is 43.1 Å². The Morgan fingerprint density at radius 1 is 1.36 bits per heavy atom. The van der Waals surface area contributed by atoms with E-state index >= 15 is 0 Å². The van der Waals surface area contributed by atoms with Gasteiger partial charge in [-0.1, -0.05) is 6.07 Å². The second kappa shape index (κ2) is 1.88. The SMILES string of the molecule is NC(=O)c1ccc2c(c1)[C@H]1C[C@H]3[C@@H]2[C@H]31. The van der Waals surface area contributed by atoms with Crippen LogP contribution in [0.4, 0.5) is 0 Å². The van der Waals surface area contributed by atoms with Crippen molar-refractivity contribution in [2.45, 2.75) is 18.3 Å². The third-order valence-corrected chi connectivity index (χ3v) is 4.35. The van der Waals surface area contributed by atoms with E-state index in [4.69, 9.17) is 5.73 Å². The van der Waals surface area contributed by atoms with Crippen LogP contribution in [0.5, 0.6) is 0 Å². The monoisotopic (exact) mass is 185 g/mol. The molecule has 14 heavy (non-hydrogen) atoms. The summed E-state index contributed by atoms with van der Waals surface area (Å²) in [6.45, 7) is 0. The van der Waals surface area contributed by atoms with Crippen molar-refractivity contribution in [2.75, 3.05) is 0 Å². The molecule has 4 atom stereocenters. The van der Waals surface area contributed by atoms with Crippen LogP contribution in [0.25, 0.3) is 0 Å². The summed E-state index contributed by atoms with van der Waals surface area (Å²) >= 11 is 0. The summed E-state index contributed by atoms with van der Waals surface area (Å²) < 4.78 is 0. The van der Waals surface area contributed by atoms with Crippen LogP contribution >= 0.6 is 0 Å². The smallest absolute Gasteiger partial charge is 0.248 e. The summed E-state index contributed by atoms with van der Waals surface area (Å²) in [7, 11) is 0. The molecule has 2 N–H and O–H groups in total. The molecule has 2 saturated carbocycles. The van der Waals surface area contributed by atoms with Gasteiger partial charge in [0.1, 0.15) is 0 Å². The van der Waals surface area contributed by atoms with Crippen molar-refractivity contribution in [1.82, 2.24) is 0 Å². The third kappa shape index (κ3) is 0.578. The van der Waals surface area contributed by atoms with Gasteiger partial charge >= 0.3 is 0 Å². The van der Waals surface area contributed by atoms with Gasteiger partial charge in [0, 0.05) is 5.56 Å². The molecule has 2 fully saturated rings. The number of hydrogen-bond acceptors (Lipinski definition) is 1. The summed E-state index contributed by atoms with van der Waals surface area (Å²) in [5, 5.41) is 0. The van der Waals surface area contributed by atoms with Gasteiger partial charge in [-0.3, -0.25) is 4.79 Å². The highest BCUT2D eigenvalue weighted by Crippen LogP contribution is 2.78. The molecule has 1 aromatic rings. The van der Waals surface area contributed by atoms with Crippen molar-refractivity contribution >= 4 is 5.91 Å². The molecule has 0 saturated heterocycles. The van der Waals surface area contributed by atoms with Gasteiger partial charge in [-0.2, -0.15) is 0 Å².